The molecule has 458 valence electrons. The van der Waals surface area contributed by atoms with Crippen molar-refractivity contribution in [2.75, 3.05) is 28.2 Å². The summed E-state index contributed by atoms with van der Waals surface area (Å²) in [5.41, 5.74) is 23.3. The predicted molar refractivity (Wildman–Crippen MR) is 412 cm³/mol. The molecule has 0 saturated heterocycles. The van der Waals surface area contributed by atoms with Gasteiger partial charge in [-0.2, -0.15) is 0 Å². The number of benzene rings is 16. The number of nitrogens with zero attached hydrogens (tertiary/aromatic N) is 4. The largest absolute Gasteiger partial charge is 0.229 e. The van der Waals surface area contributed by atoms with Gasteiger partial charge in [0, 0.05) is 48.5 Å². The summed E-state index contributed by atoms with van der Waals surface area (Å²) in [6.07, 6.45) is 0. The lowest BCUT2D eigenvalue weighted by Gasteiger charge is -2.34. The van der Waals surface area contributed by atoms with E-state index in [1.807, 2.05) is 0 Å². The lowest BCUT2D eigenvalue weighted by atomic mass is 9.81. The fourth-order valence-corrected chi connectivity index (χ4v) is 15.4. The fraction of sp³-hybridized carbons (Fsp3) is 0.0435. The molecule has 0 bridgehead atoms. The molecule has 16 aromatic rings. The van der Waals surface area contributed by atoms with Gasteiger partial charge in [-0.15, -0.1) is 0 Å². The van der Waals surface area contributed by atoms with Crippen LogP contribution in [0.15, 0.2) is 376 Å². The zero-order chi connectivity index (χ0) is 64.9. The van der Waals surface area contributed by atoms with Crippen molar-refractivity contribution in [3.8, 4) is 44.5 Å². The van der Waals surface area contributed by atoms with Crippen molar-refractivity contribution in [3.05, 3.63) is 376 Å². The first-order valence-electron chi connectivity index (χ1n) is 33.3. The zero-order valence-corrected chi connectivity index (χ0v) is 54.6. The Labute approximate surface area is 563 Å². The van der Waals surface area contributed by atoms with Gasteiger partial charge in [-0.25, -0.2) is 17.9 Å². The summed E-state index contributed by atoms with van der Waals surface area (Å²) in [5.74, 6) is 0. The van der Waals surface area contributed by atoms with Gasteiger partial charge < -0.3 is 0 Å². The zero-order valence-electron chi connectivity index (χ0n) is 54.6. The van der Waals surface area contributed by atoms with Gasteiger partial charge in [-0.3, -0.25) is 0 Å². The van der Waals surface area contributed by atoms with E-state index in [4.69, 9.17) is 0 Å². The van der Waals surface area contributed by atoms with Crippen LogP contribution in [-0.4, -0.2) is 28.2 Å². The molecule has 16 aromatic carbocycles. The number of hydrogen-bond donors (Lipinski definition) is 0. The average molecular weight is 1240 g/mol. The van der Waals surface area contributed by atoms with Crippen LogP contribution >= 0.6 is 0 Å². The summed E-state index contributed by atoms with van der Waals surface area (Å²) in [7, 11) is 9.31. The van der Waals surface area contributed by atoms with Crippen LogP contribution in [0, 0.1) is 0 Å². The molecular weight excluding hydrogens is 1160 g/mol. The third-order valence-electron chi connectivity index (χ3n) is 20.8. The van der Waals surface area contributed by atoms with Crippen LogP contribution in [-0.2, 0) is 0 Å². The van der Waals surface area contributed by atoms with E-state index in [1.54, 1.807) is 0 Å². The summed E-state index contributed by atoms with van der Waals surface area (Å²) >= 11 is 0. The Morgan fingerprint density at radius 3 is 0.469 bits per heavy atom. The third-order valence-corrected chi connectivity index (χ3v) is 20.8. The molecule has 4 nitrogen and oxygen atoms in total. The summed E-state index contributed by atoms with van der Waals surface area (Å²) in [6.45, 7) is 0. The van der Waals surface area contributed by atoms with Gasteiger partial charge in [0.05, 0.1) is 28.2 Å². The van der Waals surface area contributed by atoms with Crippen molar-refractivity contribution < 1.29 is 0 Å². The summed E-state index contributed by atoms with van der Waals surface area (Å²) in [6, 6.07) is 139. The van der Waals surface area contributed by atoms with Gasteiger partial charge in [-0.1, -0.05) is 218 Å². The maximum atomic E-state index is 2.50. The Kier molecular flexibility index (Phi) is 15.1. The SMILES string of the molecule is C[N+](c1ccccc1)(c1ccccc1)c1cccc(-c2cc(-c3cccc([N+](C)(c4ccccc4)c4ccccc4)c3)c3ccc4c(-c5cccc([N+](C)(c6ccccc6)c6ccccc6)c5)cc(-c5cccc([N+](C)(c6ccccc6)c6ccccc6)c5)c5ccc2c3c54)c1. The van der Waals surface area contributed by atoms with E-state index in [1.165, 1.54) is 100 Å². The Bertz CT molecular complexity index is 4600. The summed E-state index contributed by atoms with van der Waals surface area (Å²) in [5, 5.41) is 7.26. The van der Waals surface area contributed by atoms with Crippen molar-refractivity contribution >= 4 is 101 Å². The van der Waals surface area contributed by atoms with E-state index in [9.17, 15) is 0 Å². The van der Waals surface area contributed by atoms with Crippen LogP contribution in [0.4, 0.5) is 68.2 Å². The van der Waals surface area contributed by atoms with Crippen molar-refractivity contribution in [3.63, 3.8) is 0 Å². The molecule has 0 aromatic heterocycles. The van der Waals surface area contributed by atoms with Crippen molar-refractivity contribution in [2.45, 2.75) is 0 Å². The van der Waals surface area contributed by atoms with Crippen LogP contribution in [0.3, 0.4) is 0 Å². The maximum absolute atomic E-state index is 2.50. The lowest BCUT2D eigenvalue weighted by Crippen LogP contribution is -2.33. The molecule has 0 aliphatic carbocycles. The van der Waals surface area contributed by atoms with Crippen LogP contribution in [0.2, 0.25) is 0 Å². The minimum absolute atomic E-state index is 0.481. The smallest absolute Gasteiger partial charge is 0.143 e. The quantitative estimate of drug-likeness (QED) is 0.0668. The van der Waals surface area contributed by atoms with Gasteiger partial charge in [0.25, 0.3) is 0 Å². The molecule has 4 heteroatoms. The van der Waals surface area contributed by atoms with E-state index in [0.29, 0.717) is 17.9 Å². The summed E-state index contributed by atoms with van der Waals surface area (Å²) < 4.78 is 1.93. The molecule has 0 radical (unpaired) electrons. The van der Waals surface area contributed by atoms with Crippen LogP contribution in [0.5, 0.6) is 0 Å². The molecule has 0 atom stereocenters. The van der Waals surface area contributed by atoms with Gasteiger partial charge >= 0.3 is 0 Å². The van der Waals surface area contributed by atoms with Crippen LogP contribution in [0.1, 0.15) is 0 Å². The molecule has 0 N–H and O–H groups in total. The second-order valence-electron chi connectivity index (χ2n) is 25.9. The second kappa shape index (κ2) is 24.4. The lowest BCUT2D eigenvalue weighted by molar-refractivity contribution is 0.627. The molecule has 0 fully saturated rings. The molecule has 16 rings (SSSR count). The first-order chi connectivity index (χ1) is 47.1. The molecule has 0 saturated carbocycles. The van der Waals surface area contributed by atoms with Gasteiger partial charge in [0.1, 0.15) is 68.2 Å². The van der Waals surface area contributed by atoms with E-state index in [-0.39, 0.29) is 0 Å². The first kappa shape index (κ1) is 59.4. The van der Waals surface area contributed by atoms with Crippen LogP contribution < -0.4 is 17.9 Å². The van der Waals surface area contributed by atoms with Crippen molar-refractivity contribution in [1.82, 2.24) is 17.9 Å². The number of rotatable bonds is 16. The van der Waals surface area contributed by atoms with Gasteiger partial charge in [0.15, 0.2) is 0 Å². The minimum atomic E-state index is 0.481. The highest BCUT2D eigenvalue weighted by Crippen LogP contribution is 2.53. The third kappa shape index (κ3) is 9.94. The van der Waals surface area contributed by atoms with E-state index < -0.39 is 0 Å². The van der Waals surface area contributed by atoms with Gasteiger partial charge in [0.2, 0.25) is 0 Å². The highest BCUT2D eigenvalue weighted by atomic mass is 15.4. The number of para-hydroxylation sites is 8. The molecule has 0 aliphatic rings. The molecule has 0 unspecified atom stereocenters. The molecule has 0 aliphatic heterocycles. The monoisotopic (exact) mass is 1230 g/mol. The Morgan fingerprint density at radius 1 is 0.146 bits per heavy atom. The highest BCUT2D eigenvalue weighted by molar-refractivity contribution is 6.32. The topological polar surface area (TPSA) is 0 Å². The summed E-state index contributed by atoms with van der Waals surface area (Å²) in [4.78, 5) is 0. The molecule has 96 heavy (non-hydrogen) atoms. The fourth-order valence-electron chi connectivity index (χ4n) is 15.4. The maximum Gasteiger partial charge on any atom is 0.143 e. The van der Waals surface area contributed by atoms with E-state index in [2.05, 4.69) is 404 Å². The van der Waals surface area contributed by atoms with Crippen molar-refractivity contribution in [2.24, 2.45) is 0 Å². The predicted octanol–water partition coefficient (Wildman–Crippen LogP) is 25.7. The van der Waals surface area contributed by atoms with E-state index in [0.717, 1.165) is 45.0 Å². The number of quaternary nitrogens is 4. The number of hydrogen-bond acceptors (Lipinski definition) is 0. The molecule has 0 heterocycles. The van der Waals surface area contributed by atoms with Crippen molar-refractivity contribution in [1.29, 1.82) is 0 Å². The van der Waals surface area contributed by atoms with Crippen LogP contribution in [0.25, 0.3) is 76.8 Å². The Hall–Kier alpha value is -11.6. The van der Waals surface area contributed by atoms with Gasteiger partial charge in [-0.05, 0) is 186 Å². The molecule has 0 spiro atoms. The molecular formula is C92H74N4+4. The average Bonchev–Trinajstić information content (AvgIpc) is 0.705. The first-order valence-corrected chi connectivity index (χ1v) is 33.3. The Morgan fingerprint density at radius 2 is 0.302 bits per heavy atom. The normalized spacial score (nSPS) is 12.2. The highest BCUT2D eigenvalue weighted by Gasteiger charge is 2.37. The standard InChI is InChI=1S/C92H74N4/c1-93(71-37-13-5-14-38-71,72-39-15-6-16-40-72)79-53-29-33-67(61-79)87-65-88(68-34-30-54-80(62-68)94(2,73-41-17-7-18-42-73)74-43-19-8-20-44-74)84-59-60-86-90(70-36-32-56-82(64-70)96(4,77-49-25-11-26-50-77)78-51-27-12-28-52-78)66-89(85-58-57-83(87)91(84)92(85)86)69-35-31-55-81(63-69)95(3,75-45-21-9-22-46-75)76-47-23-10-24-48-76/h5-66H,1-4H3/q+4. The Balaban J connectivity index is 1.01. The molecule has 0 amide bonds. The minimum Gasteiger partial charge on any atom is -0.229 e. The second-order valence-corrected chi connectivity index (χ2v) is 25.9. The van der Waals surface area contributed by atoms with E-state index >= 15 is 0 Å².